The smallest absolute Gasteiger partial charge is 0.307 e. The van der Waals surface area contributed by atoms with Crippen LogP contribution in [0, 0.1) is 33.6 Å². The minimum atomic E-state index is -3.82. The van der Waals surface area contributed by atoms with Crippen LogP contribution in [0.25, 0.3) is 5.65 Å². The van der Waals surface area contributed by atoms with E-state index in [1.165, 1.54) is 0 Å². The van der Waals surface area contributed by atoms with Crippen LogP contribution in [0.4, 0.5) is 5.82 Å². The van der Waals surface area contributed by atoms with E-state index < -0.39 is 27.8 Å². The lowest BCUT2D eigenvalue weighted by atomic mass is 9.79. The number of hydrogen-bond acceptors (Lipinski definition) is 7. The molecule has 2 aliphatic heterocycles. The summed E-state index contributed by atoms with van der Waals surface area (Å²) in [5, 5.41) is 18.9. The van der Waals surface area contributed by atoms with Crippen molar-refractivity contribution in [3.63, 3.8) is 0 Å². The van der Waals surface area contributed by atoms with E-state index in [2.05, 4.69) is 20.1 Å². The largest absolute Gasteiger partial charge is 0.481 e. The molecule has 3 aromatic heterocycles. The predicted octanol–water partition coefficient (Wildman–Crippen LogP) is 4.77. The summed E-state index contributed by atoms with van der Waals surface area (Å²) in [5.74, 6) is -0.804. The first-order valence-electron chi connectivity index (χ1n) is 14.8. The van der Waals surface area contributed by atoms with Gasteiger partial charge in [0.25, 0.3) is 0 Å². The van der Waals surface area contributed by atoms with Crippen LogP contribution in [-0.4, -0.2) is 62.5 Å². The van der Waals surface area contributed by atoms with E-state index >= 15 is 0 Å². The fourth-order valence-corrected chi connectivity index (χ4v) is 8.50. The number of aliphatic carboxylic acids is 1. The zero-order chi connectivity index (χ0) is 30.6. The number of sulfonamides is 1. The number of hydrogen-bond donors (Lipinski definition) is 1. The number of fused-ring (bicyclic) bond motifs is 4. The minimum absolute atomic E-state index is 0.0481. The number of aryl methyl sites for hydroxylation is 4. The van der Waals surface area contributed by atoms with Crippen LogP contribution in [0.15, 0.2) is 47.5 Å². The Morgan fingerprint density at radius 1 is 1.09 bits per heavy atom. The van der Waals surface area contributed by atoms with Crippen LogP contribution >= 0.6 is 0 Å². The Kier molecular flexibility index (Phi) is 7.50. The van der Waals surface area contributed by atoms with E-state index in [0.717, 1.165) is 65.1 Å². The number of benzene rings is 1. The van der Waals surface area contributed by atoms with E-state index in [-0.39, 0.29) is 17.5 Å². The van der Waals surface area contributed by atoms with E-state index in [1.54, 1.807) is 29.6 Å². The quantitative estimate of drug-likeness (QED) is 0.335. The minimum Gasteiger partial charge on any atom is -0.481 e. The van der Waals surface area contributed by atoms with Gasteiger partial charge in [0.15, 0.2) is 5.65 Å². The molecule has 11 heteroatoms. The maximum absolute atomic E-state index is 14.1. The lowest BCUT2D eigenvalue weighted by Gasteiger charge is -2.36. The number of carbonyl (C=O) groups is 1. The number of carboxylic acids is 1. The highest BCUT2D eigenvalue weighted by Crippen LogP contribution is 2.39. The van der Waals surface area contributed by atoms with Crippen molar-refractivity contribution < 1.29 is 18.3 Å². The van der Waals surface area contributed by atoms with E-state index in [4.69, 9.17) is 0 Å². The second-order valence-corrected chi connectivity index (χ2v) is 13.9. The maximum Gasteiger partial charge on any atom is 0.307 e. The summed E-state index contributed by atoms with van der Waals surface area (Å²) in [6, 6.07) is 11.4. The SMILES string of the molecule is Cc1ccc([C@H](c2cc(C)n3c(C)nnc3c2C)C(C)C(=O)O)cc1CN1C[C@@H]2CCCCN2c2ncccc2S1(=O)=O. The third-order valence-electron chi connectivity index (χ3n) is 9.30. The molecule has 6 rings (SSSR count). The van der Waals surface area contributed by atoms with Gasteiger partial charge in [-0.2, -0.15) is 4.31 Å². The van der Waals surface area contributed by atoms with Gasteiger partial charge >= 0.3 is 5.97 Å². The first-order chi connectivity index (χ1) is 20.5. The molecule has 4 aromatic rings. The maximum atomic E-state index is 14.1. The highest BCUT2D eigenvalue weighted by atomic mass is 32.2. The van der Waals surface area contributed by atoms with Gasteiger partial charge in [0.05, 0.1) is 5.92 Å². The van der Waals surface area contributed by atoms with Gasteiger partial charge in [-0.05, 0) is 93.0 Å². The van der Waals surface area contributed by atoms with Crippen molar-refractivity contribution >= 4 is 27.5 Å². The Morgan fingerprint density at radius 3 is 2.65 bits per heavy atom. The lowest BCUT2D eigenvalue weighted by Crippen LogP contribution is -2.45. The van der Waals surface area contributed by atoms with Gasteiger partial charge in [-0.15, -0.1) is 10.2 Å². The van der Waals surface area contributed by atoms with Gasteiger partial charge in [-0.25, -0.2) is 13.4 Å². The Bertz CT molecular complexity index is 1840. The summed E-state index contributed by atoms with van der Waals surface area (Å²) >= 11 is 0. The highest BCUT2D eigenvalue weighted by Gasteiger charge is 2.39. The van der Waals surface area contributed by atoms with Crippen molar-refractivity contribution in [3.05, 3.63) is 81.9 Å². The molecule has 1 aromatic carbocycles. The molecule has 0 saturated carbocycles. The standard InChI is InChI=1S/C32H38N6O4S/c1-19-11-12-24(29(22(4)32(39)40)27-15-20(2)38-23(5)34-35-30(38)21(27)3)16-25(19)17-36-18-26-9-6-7-14-37(26)31-28(43(36,41)42)10-8-13-33-31/h8,10-13,15-16,22,26,29H,6-7,9,14,17-18H2,1-5H3,(H,39,40)/t22?,26-,29+/m0/s1. The van der Waals surface area contributed by atoms with Crippen molar-refractivity contribution in [2.45, 2.75) is 77.3 Å². The number of piperidine rings is 1. The summed E-state index contributed by atoms with van der Waals surface area (Å²) in [4.78, 5) is 19.4. The molecule has 0 amide bonds. The van der Waals surface area contributed by atoms with Crippen LogP contribution in [-0.2, 0) is 21.4 Å². The van der Waals surface area contributed by atoms with E-state index in [1.807, 2.05) is 56.4 Å². The molecule has 1 saturated heterocycles. The van der Waals surface area contributed by atoms with Gasteiger partial charge in [-0.3, -0.25) is 9.20 Å². The molecule has 0 radical (unpaired) electrons. The van der Waals surface area contributed by atoms with Crippen LogP contribution < -0.4 is 4.90 Å². The van der Waals surface area contributed by atoms with Gasteiger partial charge < -0.3 is 10.0 Å². The fourth-order valence-electron chi connectivity index (χ4n) is 6.89. The van der Waals surface area contributed by atoms with Crippen molar-refractivity contribution in [1.29, 1.82) is 0 Å². The molecule has 0 bridgehead atoms. The molecular formula is C32H38N6O4S. The molecular weight excluding hydrogens is 564 g/mol. The molecule has 226 valence electrons. The number of rotatable bonds is 6. The Balaban J connectivity index is 1.44. The fraction of sp³-hybridized carbons (Fsp3) is 0.438. The topological polar surface area (TPSA) is 121 Å². The average Bonchev–Trinajstić information content (AvgIpc) is 3.35. The van der Waals surface area contributed by atoms with Crippen LogP contribution in [0.3, 0.4) is 0 Å². The Labute approximate surface area is 252 Å². The van der Waals surface area contributed by atoms with Gasteiger partial charge in [0.2, 0.25) is 10.0 Å². The Morgan fingerprint density at radius 2 is 1.88 bits per heavy atom. The number of pyridine rings is 2. The first-order valence-corrected chi connectivity index (χ1v) is 16.3. The third-order valence-corrected chi connectivity index (χ3v) is 11.1. The van der Waals surface area contributed by atoms with E-state index in [0.29, 0.717) is 18.0 Å². The second-order valence-electron chi connectivity index (χ2n) is 12.0. The van der Waals surface area contributed by atoms with Crippen LogP contribution in [0.1, 0.15) is 71.4 Å². The lowest BCUT2D eigenvalue weighted by molar-refractivity contribution is -0.141. The Hall–Kier alpha value is -3.83. The monoisotopic (exact) mass is 602 g/mol. The molecule has 2 aliphatic rings. The third kappa shape index (κ3) is 4.98. The number of anilines is 1. The molecule has 1 fully saturated rings. The van der Waals surface area contributed by atoms with Crippen molar-refractivity contribution in [3.8, 4) is 0 Å². The van der Waals surface area contributed by atoms with Crippen molar-refractivity contribution in [1.82, 2.24) is 23.9 Å². The highest BCUT2D eigenvalue weighted by molar-refractivity contribution is 7.89. The van der Waals surface area contributed by atoms with Crippen molar-refractivity contribution in [2.75, 3.05) is 18.0 Å². The van der Waals surface area contributed by atoms with Gasteiger partial charge in [0.1, 0.15) is 16.5 Å². The molecule has 43 heavy (non-hydrogen) atoms. The normalized spacial score (nSPS) is 19.8. The van der Waals surface area contributed by atoms with Gasteiger partial charge in [-0.1, -0.05) is 25.1 Å². The average molecular weight is 603 g/mol. The number of aromatic nitrogens is 4. The molecule has 5 heterocycles. The van der Waals surface area contributed by atoms with E-state index in [9.17, 15) is 18.3 Å². The zero-order valence-corrected chi connectivity index (χ0v) is 26.1. The summed E-state index contributed by atoms with van der Waals surface area (Å²) < 4.78 is 31.8. The van der Waals surface area contributed by atoms with Crippen molar-refractivity contribution in [2.24, 2.45) is 5.92 Å². The predicted molar refractivity (Wildman–Crippen MR) is 164 cm³/mol. The molecule has 10 nitrogen and oxygen atoms in total. The first kappa shape index (κ1) is 29.3. The molecule has 0 spiro atoms. The van der Waals surface area contributed by atoms with Gasteiger partial charge in [0, 0.05) is 43.5 Å². The summed E-state index contributed by atoms with van der Waals surface area (Å²) in [5.41, 5.74) is 6.02. The molecule has 1 unspecified atom stereocenters. The number of nitrogens with zero attached hydrogens (tertiary/aromatic N) is 6. The van der Waals surface area contributed by atoms with Crippen LogP contribution in [0.5, 0.6) is 0 Å². The second kappa shape index (κ2) is 11.0. The molecule has 1 N–H and O–H groups in total. The zero-order valence-electron chi connectivity index (χ0n) is 25.3. The summed E-state index contributed by atoms with van der Waals surface area (Å²) in [7, 11) is -3.82. The summed E-state index contributed by atoms with van der Waals surface area (Å²) in [6.45, 7) is 10.9. The van der Waals surface area contributed by atoms with Crippen LogP contribution in [0.2, 0.25) is 0 Å². The molecule has 3 atom stereocenters. The summed E-state index contributed by atoms with van der Waals surface area (Å²) in [6.07, 6.45) is 4.63. The number of carboxylic acid groups (broad SMARTS) is 1. The molecule has 0 aliphatic carbocycles.